The van der Waals surface area contributed by atoms with E-state index in [4.69, 9.17) is 0 Å². The third kappa shape index (κ3) is 3.02. The summed E-state index contributed by atoms with van der Waals surface area (Å²) in [7, 11) is 0. The number of benzene rings is 2. The molecule has 0 saturated carbocycles. The van der Waals surface area contributed by atoms with Crippen molar-refractivity contribution in [2.24, 2.45) is 0 Å². The van der Waals surface area contributed by atoms with Gasteiger partial charge in [-0.3, -0.25) is 0 Å². The largest absolute Gasteiger partial charge is 0.508 e. The van der Waals surface area contributed by atoms with E-state index in [9.17, 15) is 9.50 Å². The molecule has 5 heteroatoms. The van der Waals surface area contributed by atoms with Gasteiger partial charge in [0.1, 0.15) is 11.6 Å². The molecular weight excluding hydrogens is 269 g/mol. The van der Waals surface area contributed by atoms with Gasteiger partial charge in [-0.25, -0.2) is 9.37 Å². The number of halogens is 1. The fraction of sp³-hybridized carbons (Fsp3) is 0.0625. The van der Waals surface area contributed by atoms with Crippen LogP contribution in [0.4, 0.5) is 10.1 Å². The molecule has 0 aliphatic rings. The number of phenols is 1. The van der Waals surface area contributed by atoms with Crippen LogP contribution in [0.3, 0.4) is 0 Å². The molecule has 0 amide bonds. The summed E-state index contributed by atoms with van der Waals surface area (Å²) < 4.78 is 15.1. The number of hydrogen-bond donors (Lipinski definition) is 2. The fourth-order valence-electron chi connectivity index (χ4n) is 2.08. The Kier molecular flexibility index (Phi) is 3.55. The van der Waals surface area contributed by atoms with Crippen LogP contribution in [0.5, 0.6) is 5.75 Å². The Morgan fingerprint density at radius 1 is 1.19 bits per heavy atom. The Labute approximate surface area is 121 Å². The second-order valence-electron chi connectivity index (χ2n) is 4.65. The van der Waals surface area contributed by atoms with Gasteiger partial charge in [-0.05, 0) is 36.4 Å². The SMILES string of the molecule is Oc1ccc(F)cc1CNc1cccc(-n2ccnc2)c1. The van der Waals surface area contributed by atoms with Gasteiger partial charge in [0.25, 0.3) is 0 Å². The summed E-state index contributed by atoms with van der Waals surface area (Å²) in [6.45, 7) is 0.344. The molecule has 3 rings (SSSR count). The van der Waals surface area contributed by atoms with Crippen LogP contribution in [0.15, 0.2) is 61.2 Å². The molecule has 1 heterocycles. The van der Waals surface area contributed by atoms with E-state index in [1.54, 1.807) is 12.5 Å². The lowest BCUT2D eigenvalue weighted by molar-refractivity contribution is 0.466. The fourth-order valence-corrected chi connectivity index (χ4v) is 2.08. The van der Waals surface area contributed by atoms with Crippen molar-refractivity contribution < 1.29 is 9.50 Å². The topological polar surface area (TPSA) is 50.1 Å². The van der Waals surface area contributed by atoms with Gasteiger partial charge in [-0.2, -0.15) is 0 Å². The summed E-state index contributed by atoms with van der Waals surface area (Å²) in [5.41, 5.74) is 2.37. The number of rotatable bonds is 4. The molecule has 0 spiro atoms. The monoisotopic (exact) mass is 283 g/mol. The molecule has 3 aromatic rings. The van der Waals surface area contributed by atoms with Gasteiger partial charge in [-0.1, -0.05) is 6.07 Å². The van der Waals surface area contributed by atoms with Crippen molar-refractivity contribution in [2.75, 3.05) is 5.32 Å². The van der Waals surface area contributed by atoms with Gasteiger partial charge in [0.2, 0.25) is 0 Å². The normalized spacial score (nSPS) is 10.5. The molecule has 2 aromatic carbocycles. The molecule has 0 bridgehead atoms. The van der Waals surface area contributed by atoms with Crippen LogP contribution < -0.4 is 5.32 Å². The molecule has 0 unspecified atom stereocenters. The number of aromatic nitrogens is 2. The molecule has 0 atom stereocenters. The van der Waals surface area contributed by atoms with E-state index in [2.05, 4.69) is 10.3 Å². The first-order valence-corrected chi connectivity index (χ1v) is 6.52. The molecule has 21 heavy (non-hydrogen) atoms. The quantitative estimate of drug-likeness (QED) is 0.772. The Balaban J connectivity index is 1.76. The molecule has 0 aliphatic heterocycles. The van der Waals surface area contributed by atoms with E-state index in [1.165, 1.54) is 18.2 Å². The Hall–Kier alpha value is -2.82. The lowest BCUT2D eigenvalue weighted by Crippen LogP contribution is -2.01. The zero-order valence-corrected chi connectivity index (χ0v) is 11.2. The van der Waals surface area contributed by atoms with Crippen molar-refractivity contribution in [2.45, 2.75) is 6.54 Å². The van der Waals surface area contributed by atoms with Crippen LogP contribution in [0.2, 0.25) is 0 Å². The first-order valence-electron chi connectivity index (χ1n) is 6.52. The van der Waals surface area contributed by atoms with E-state index >= 15 is 0 Å². The van der Waals surface area contributed by atoms with E-state index in [1.807, 2.05) is 35.0 Å². The maximum absolute atomic E-state index is 13.2. The van der Waals surface area contributed by atoms with E-state index in [0.717, 1.165) is 11.4 Å². The number of nitrogens with one attached hydrogen (secondary N) is 1. The van der Waals surface area contributed by atoms with E-state index < -0.39 is 0 Å². The van der Waals surface area contributed by atoms with Crippen LogP contribution in [-0.4, -0.2) is 14.7 Å². The van der Waals surface area contributed by atoms with Gasteiger partial charge >= 0.3 is 0 Å². The number of hydrogen-bond acceptors (Lipinski definition) is 3. The van der Waals surface area contributed by atoms with E-state index in [-0.39, 0.29) is 11.6 Å². The first-order chi connectivity index (χ1) is 10.2. The Bertz CT molecular complexity index is 741. The maximum atomic E-state index is 13.2. The molecule has 0 aliphatic carbocycles. The van der Waals surface area contributed by atoms with Crippen molar-refractivity contribution >= 4 is 5.69 Å². The maximum Gasteiger partial charge on any atom is 0.123 e. The standard InChI is InChI=1S/C16H14FN3O/c17-13-4-5-16(21)12(8-13)10-19-14-2-1-3-15(9-14)20-7-6-18-11-20/h1-9,11,19,21H,10H2. The van der Waals surface area contributed by atoms with Crippen LogP contribution in [0.1, 0.15) is 5.56 Å². The number of aromatic hydroxyl groups is 1. The van der Waals surface area contributed by atoms with Gasteiger partial charge in [0, 0.05) is 35.9 Å². The lowest BCUT2D eigenvalue weighted by Gasteiger charge is -2.10. The highest BCUT2D eigenvalue weighted by molar-refractivity contribution is 5.52. The minimum absolute atomic E-state index is 0.0784. The van der Waals surface area contributed by atoms with Gasteiger partial charge in [0.15, 0.2) is 0 Å². The summed E-state index contributed by atoms with van der Waals surface area (Å²) in [4.78, 5) is 4.01. The number of imidazole rings is 1. The minimum Gasteiger partial charge on any atom is -0.508 e. The van der Waals surface area contributed by atoms with Crippen molar-refractivity contribution in [3.05, 3.63) is 72.6 Å². The highest BCUT2D eigenvalue weighted by Gasteiger charge is 2.03. The van der Waals surface area contributed by atoms with Crippen LogP contribution >= 0.6 is 0 Å². The summed E-state index contributed by atoms with van der Waals surface area (Å²) in [5, 5.41) is 12.9. The third-order valence-electron chi connectivity index (χ3n) is 3.17. The molecule has 2 N–H and O–H groups in total. The number of nitrogens with zero attached hydrogens (tertiary/aromatic N) is 2. The molecule has 106 valence electrons. The summed E-state index contributed by atoms with van der Waals surface area (Å²) in [6.07, 6.45) is 5.29. The van der Waals surface area contributed by atoms with Crippen LogP contribution in [0, 0.1) is 5.82 Å². The molecule has 1 aromatic heterocycles. The van der Waals surface area contributed by atoms with Crippen molar-refractivity contribution in [1.82, 2.24) is 9.55 Å². The van der Waals surface area contributed by atoms with Crippen molar-refractivity contribution in [1.29, 1.82) is 0 Å². The summed E-state index contributed by atoms with van der Waals surface area (Å²) in [6, 6.07) is 11.7. The number of anilines is 1. The Morgan fingerprint density at radius 2 is 2.10 bits per heavy atom. The second-order valence-corrected chi connectivity index (χ2v) is 4.65. The predicted octanol–water partition coefficient (Wildman–Crippen LogP) is 3.33. The summed E-state index contributed by atoms with van der Waals surface area (Å²) >= 11 is 0. The molecule has 0 radical (unpaired) electrons. The molecular formula is C16H14FN3O. The first kappa shape index (κ1) is 13.2. The minimum atomic E-state index is -0.364. The van der Waals surface area contributed by atoms with Crippen LogP contribution in [0.25, 0.3) is 5.69 Å². The van der Waals surface area contributed by atoms with Gasteiger partial charge in [-0.15, -0.1) is 0 Å². The number of phenolic OH excluding ortho intramolecular Hbond substituents is 1. The average Bonchev–Trinajstić information content (AvgIpc) is 3.03. The highest BCUT2D eigenvalue weighted by atomic mass is 19.1. The summed E-state index contributed by atoms with van der Waals surface area (Å²) in [5.74, 6) is -0.286. The molecule has 4 nitrogen and oxygen atoms in total. The van der Waals surface area contributed by atoms with E-state index in [0.29, 0.717) is 12.1 Å². The molecule has 0 saturated heterocycles. The predicted molar refractivity (Wildman–Crippen MR) is 79.0 cm³/mol. The zero-order valence-electron chi connectivity index (χ0n) is 11.2. The van der Waals surface area contributed by atoms with Crippen LogP contribution in [-0.2, 0) is 6.54 Å². The zero-order chi connectivity index (χ0) is 14.7. The van der Waals surface area contributed by atoms with Crippen molar-refractivity contribution in [3.8, 4) is 11.4 Å². The lowest BCUT2D eigenvalue weighted by atomic mass is 10.2. The Morgan fingerprint density at radius 3 is 2.90 bits per heavy atom. The highest BCUT2D eigenvalue weighted by Crippen LogP contribution is 2.20. The van der Waals surface area contributed by atoms with Crippen molar-refractivity contribution in [3.63, 3.8) is 0 Å². The average molecular weight is 283 g/mol. The van der Waals surface area contributed by atoms with Gasteiger partial charge in [0.05, 0.1) is 6.33 Å². The smallest absolute Gasteiger partial charge is 0.123 e. The second kappa shape index (κ2) is 5.66. The third-order valence-corrected chi connectivity index (χ3v) is 3.17. The van der Waals surface area contributed by atoms with Gasteiger partial charge < -0.3 is 15.0 Å². The molecule has 0 fully saturated rings.